The number of thiol groups is 1. The van der Waals surface area contributed by atoms with Gasteiger partial charge in [0.05, 0.1) is 12.2 Å². The normalized spacial score (nSPS) is 20.2. The Hall–Kier alpha value is -3.10. The number of benzene rings is 2. The molecule has 2 aliphatic rings. The lowest BCUT2D eigenvalue weighted by Gasteiger charge is -2.40. The molecule has 2 heterocycles. The molecule has 2 N–H and O–H groups in total. The molecule has 2 fully saturated rings. The van der Waals surface area contributed by atoms with Crippen LogP contribution in [0.25, 0.3) is 11.3 Å². The predicted octanol–water partition coefficient (Wildman–Crippen LogP) is 5.81. The molecular weight excluding hydrogens is 518 g/mol. The van der Waals surface area contributed by atoms with E-state index in [0.29, 0.717) is 36.0 Å². The lowest BCUT2D eigenvalue weighted by Crippen LogP contribution is -2.45. The number of carbonyl (C=O) groups is 1. The van der Waals surface area contributed by atoms with Gasteiger partial charge in [0, 0.05) is 47.8 Å². The van der Waals surface area contributed by atoms with Gasteiger partial charge in [0.15, 0.2) is 0 Å². The maximum atomic E-state index is 13.6. The number of nitrogen functional groups attached to an aromatic ring is 1. The lowest BCUT2D eigenvalue weighted by molar-refractivity contribution is 0.0665. The second-order valence-electron chi connectivity index (χ2n) is 12.1. The zero-order valence-corrected chi connectivity index (χ0v) is 25.0. The zero-order chi connectivity index (χ0) is 28.4. The number of amides is 1. The summed E-state index contributed by atoms with van der Waals surface area (Å²) in [6, 6.07) is 16.0. The van der Waals surface area contributed by atoms with Gasteiger partial charge in [0.25, 0.3) is 5.91 Å². The van der Waals surface area contributed by atoms with E-state index in [0.717, 1.165) is 53.2 Å². The van der Waals surface area contributed by atoms with E-state index >= 15 is 0 Å². The summed E-state index contributed by atoms with van der Waals surface area (Å²) < 4.78 is 6.58. The van der Waals surface area contributed by atoms with E-state index in [-0.39, 0.29) is 18.0 Å². The van der Waals surface area contributed by atoms with E-state index in [4.69, 9.17) is 10.5 Å². The maximum absolute atomic E-state index is 13.6. The van der Waals surface area contributed by atoms with Gasteiger partial charge in [-0.3, -0.25) is 9.69 Å². The van der Waals surface area contributed by atoms with Crippen LogP contribution in [0.5, 0.6) is 5.88 Å². The van der Waals surface area contributed by atoms with E-state index in [9.17, 15) is 4.79 Å². The van der Waals surface area contributed by atoms with Gasteiger partial charge < -0.3 is 15.4 Å². The summed E-state index contributed by atoms with van der Waals surface area (Å²) in [6.45, 7) is 11.5. The lowest BCUT2D eigenvalue weighted by atomic mass is 9.75. The van der Waals surface area contributed by atoms with E-state index in [1.54, 1.807) is 0 Å². The zero-order valence-electron chi connectivity index (χ0n) is 24.1. The third-order valence-electron chi connectivity index (χ3n) is 8.47. The highest BCUT2D eigenvalue weighted by Gasteiger charge is 2.35. The Kier molecular flexibility index (Phi) is 8.38. The topological polar surface area (TPSA) is 84.6 Å². The van der Waals surface area contributed by atoms with Crippen LogP contribution in [0, 0.1) is 19.3 Å². The van der Waals surface area contributed by atoms with Crippen molar-refractivity contribution >= 4 is 24.5 Å². The van der Waals surface area contributed by atoms with Crippen molar-refractivity contribution in [1.29, 1.82) is 0 Å². The molecule has 1 saturated carbocycles. The van der Waals surface area contributed by atoms with Crippen LogP contribution in [0.1, 0.15) is 61.0 Å². The minimum Gasteiger partial charge on any atom is -0.471 e. The van der Waals surface area contributed by atoms with E-state index in [1.165, 1.54) is 12.8 Å². The summed E-state index contributed by atoms with van der Waals surface area (Å²) in [5.41, 5.74) is 11.2. The van der Waals surface area contributed by atoms with E-state index < -0.39 is 0 Å². The third kappa shape index (κ3) is 6.61. The Morgan fingerprint density at radius 3 is 2.40 bits per heavy atom. The summed E-state index contributed by atoms with van der Waals surface area (Å²) in [4.78, 5) is 27.8. The van der Waals surface area contributed by atoms with Crippen molar-refractivity contribution in [2.75, 3.05) is 31.9 Å². The Morgan fingerprint density at radius 1 is 1.00 bits per heavy atom. The number of ether oxygens (including phenoxy) is 1. The van der Waals surface area contributed by atoms with Crippen molar-refractivity contribution in [3.8, 4) is 17.1 Å². The molecule has 1 aliphatic heterocycles. The van der Waals surface area contributed by atoms with Crippen molar-refractivity contribution in [1.82, 2.24) is 19.8 Å². The molecule has 1 saturated heterocycles. The summed E-state index contributed by atoms with van der Waals surface area (Å²) in [6.07, 6.45) is 4.47. The molecule has 0 unspecified atom stereocenters. The number of anilines is 1. The van der Waals surface area contributed by atoms with Crippen LogP contribution in [0.3, 0.4) is 0 Å². The highest BCUT2D eigenvalue weighted by atomic mass is 32.1. The number of nitrogens with two attached hydrogens (primary N) is 1. The number of carbonyl (C=O) groups excluding carboxylic acids is 1. The van der Waals surface area contributed by atoms with Crippen LogP contribution in [-0.4, -0.2) is 64.0 Å². The van der Waals surface area contributed by atoms with Crippen LogP contribution >= 0.6 is 12.6 Å². The molecule has 1 amide bonds. The number of rotatable bonds is 5. The van der Waals surface area contributed by atoms with Crippen LogP contribution in [-0.2, 0) is 0 Å². The van der Waals surface area contributed by atoms with Gasteiger partial charge in [-0.05, 0) is 74.3 Å². The molecule has 3 aromatic rings. The first-order valence-corrected chi connectivity index (χ1v) is 14.7. The molecule has 2 aromatic carbocycles. The Balaban J connectivity index is 1.42. The van der Waals surface area contributed by atoms with Gasteiger partial charge in [-0.2, -0.15) is 4.98 Å². The van der Waals surface area contributed by atoms with Crippen molar-refractivity contribution in [3.63, 3.8) is 0 Å². The first kappa shape index (κ1) is 28.4. The van der Waals surface area contributed by atoms with Crippen LogP contribution < -0.4 is 10.5 Å². The summed E-state index contributed by atoms with van der Waals surface area (Å²) in [5.74, 6) is 0.606. The molecule has 0 bridgehead atoms. The number of hydrogen-bond acceptors (Lipinski definition) is 7. The van der Waals surface area contributed by atoms with Crippen LogP contribution in [0.4, 0.5) is 5.95 Å². The van der Waals surface area contributed by atoms with E-state index in [2.05, 4.69) is 67.3 Å². The highest BCUT2D eigenvalue weighted by Crippen LogP contribution is 2.37. The first-order chi connectivity index (χ1) is 19.1. The molecule has 1 atom stereocenters. The highest BCUT2D eigenvalue weighted by molar-refractivity contribution is 7.80. The van der Waals surface area contributed by atoms with Gasteiger partial charge in [-0.1, -0.05) is 38.1 Å². The molecule has 0 radical (unpaired) electrons. The van der Waals surface area contributed by atoms with E-state index in [1.807, 2.05) is 41.3 Å². The van der Waals surface area contributed by atoms with Crippen molar-refractivity contribution in [3.05, 3.63) is 65.2 Å². The minimum absolute atomic E-state index is 0.00504. The van der Waals surface area contributed by atoms with Crippen molar-refractivity contribution < 1.29 is 9.53 Å². The van der Waals surface area contributed by atoms with Crippen molar-refractivity contribution in [2.45, 2.75) is 70.4 Å². The summed E-state index contributed by atoms with van der Waals surface area (Å²) >= 11 is 4.45. The molecular formula is C32H41N5O2S. The first-order valence-electron chi connectivity index (χ1n) is 14.3. The molecule has 212 valence electrons. The average Bonchev–Trinajstić information content (AvgIpc) is 3.10. The Morgan fingerprint density at radius 2 is 1.70 bits per heavy atom. The molecule has 8 heteroatoms. The predicted molar refractivity (Wildman–Crippen MR) is 163 cm³/mol. The molecule has 1 aliphatic carbocycles. The monoisotopic (exact) mass is 559 g/mol. The second kappa shape index (κ2) is 11.8. The molecule has 1 aromatic heterocycles. The number of nitrogens with zero attached hydrogens (tertiary/aromatic N) is 4. The van der Waals surface area contributed by atoms with Gasteiger partial charge >= 0.3 is 0 Å². The Bertz CT molecular complexity index is 1350. The fraction of sp³-hybridized carbons (Fsp3) is 0.469. The largest absolute Gasteiger partial charge is 0.471 e. The standard InChI is InChI=1S/C32H41N5O2S/c1-21-7-5-8-22(2)29(21)27-18-28(35-31(33)34-27)39-25-19-36(24-11-13-32(3,4)14-12-24)15-16-37(20-25)30(38)23-9-6-10-26(40)17-23/h5-10,17-18,24-25,40H,11-16,19-20H2,1-4H3,(H2,33,34,35)/t25-/m1/s1. The molecule has 5 rings (SSSR count). The minimum atomic E-state index is -0.263. The third-order valence-corrected chi connectivity index (χ3v) is 8.75. The average molecular weight is 560 g/mol. The van der Waals surface area contributed by atoms with Gasteiger partial charge in [0.1, 0.15) is 6.10 Å². The molecule has 0 spiro atoms. The molecule has 40 heavy (non-hydrogen) atoms. The smallest absolute Gasteiger partial charge is 0.254 e. The molecule has 7 nitrogen and oxygen atoms in total. The number of aromatic nitrogens is 2. The maximum Gasteiger partial charge on any atom is 0.254 e. The van der Waals surface area contributed by atoms with Gasteiger partial charge in [0.2, 0.25) is 11.8 Å². The fourth-order valence-electron chi connectivity index (χ4n) is 6.18. The number of hydrogen-bond donors (Lipinski definition) is 2. The van der Waals surface area contributed by atoms with Crippen molar-refractivity contribution in [2.24, 2.45) is 5.41 Å². The SMILES string of the molecule is Cc1cccc(C)c1-c1cc(O[C@H]2CN(C(=O)c3cccc(S)c3)CCN(C3CCC(C)(C)CC3)C2)nc(N)n1. The van der Waals surface area contributed by atoms with Crippen LogP contribution in [0.15, 0.2) is 53.4 Å². The number of aryl methyl sites for hydroxylation is 2. The quantitative estimate of drug-likeness (QED) is 0.384. The second-order valence-corrected chi connectivity index (χ2v) is 12.7. The summed E-state index contributed by atoms with van der Waals surface area (Å²) in [7, 11) is 0. The fourth-order valence-corrected chi connectivity index (χ4v) is 6.40. The van der Waals surface area contributed by atoms with Gasteiger partial charge in [-0.15, -0.1) is 12.6 Å². The van der Waals surface area contributed by atoms with Crippen LogP contribution in [0.2, 0.25) is 0 Å². The van der Waals surface area contributed by atoms with Gasteiger partial charge in [-0.25, -0.2) is 4.98 Å². The summed E-state index contributed by atoms with van der Waals surface area (Å²) in [5, 5.41) is 0. The Labute approximate surface area is 243 Å².